The van der Waals surface area contributed by atoms with Gasteiger partial charge in [-0.3, -0.25) is 0 Å². The van der Waals surface area contributed by atoms with Gasteiger partial charge in [-0.05, 0) is 24.1 Å². The lowest BCUT2D eigenvalue weighted by atomic mass is 10.1. The molecule has 0 saturated carbocycles. The molecular weight excluding hydrogens is 239 g/mol. The minimum absolute atomic E-state index is 0.284. The fourth-order valence-corrected chi connectivity index (χ4v) is 1.55. The molecular formula is C9H10BrClO. The van der Waals surface area contributed by atoms with Crippen LogP contribution in [0.4, 0.5) is 0 Å². The molecule has 0 radical (unpaired) electrons. The maximum atomic E-state index is 9.25. The predicted molar refractivity (Wildman–Crippen MR) is 54.6 cm³/mol. The first-order chi connectivity index (χ1) is 5.72. The van der Waals surface area contributed by atoms with Gasteiger partial charge in [0, 0.05) is 10.4 Å². The lowest BCUT2D eigenvalue weighted by Crippen LogP contribution is -2.11. The summed E-state index contributed by atoms with van der Waals surface area (Å²) in [7, 11) is 0. The van der Waals surface area contributed by atoms with Crippen molar-refractivity contribution in [3.8, 4) is 0 Å². The molecule has 12 heavy (non-hydrogen) atoms. The van der Waals surface area contributed by atoms with Gasteiger partial charge in [-0.15, -0.1) is 11.6 Å². The summed E-state index contributed by atoms with van der Waals surface area (Å²) in [6.07, 6.45) is 0.170. The third kappa shape index (κ3) is 3.13. The number of hydrogen-bond acceptors (Lipinski definition) is 1. The first-order valence-electron chi connectivity index (χ1n) is 3.71. The average molecular weight is 250 g/mol. The first kappa shape index (κ1) is 10.0. The second-order valence-electron chi connectivity index (χ2n) is 2.64. The van der Waals surface area contributed by atoms with E-state index in [0.717, 1.165) is 10.0 Å². The van der Waals surface area contributed by atoms with Crippen molar-refractivity contribution in [1.82, 2.24) is 0 Å². The van der Waals surface area contributed by atoms with Crippen LogP contribution in [0, 0.1) is 0 Å². The van der Waals surface area contributed by atoms with Gasteiger partial charge in [0.05, 0.1) is 6.10 Å². The maximum absolute atomic E-state index is 9.25. The van der Waals surface area contributed by atoms with Crippen LogP contribution < -0.4 is 0 Å². The Morgan fingerprint density at radius 1 is 1.50 bits per heavy atom. The third-order valence-electron chi connectivity index (χ3n) is 1.54. The molecule has 1 atom stereocenters. The van der Waals surface area contributed by atoms with Crippen molar-refractivity contribution in [3.63, 3.8) is 0 Å². The molecule has 1 nitrogen and oxygen atoms in total. The van der Waals surface area contributed by atoms with E-state index in [2.05, 4.69) is 15.9 Å². The smallest absolute Gasteiger partial charge is 0.0715 e. The summed E-state index contributed by atoms with van der Waals surface area (Å²) < 4.78 is 1.03. The quantitative estimate of drug-likeness (QED) is 0.817. The summed E-state index contributed by atoms with van der Waals surface area (Å²) in [5.41, 5.74) is 1.09. The van der Waals surface area contributed by atoms with Crippen LogP contribution in [0.1, 0.15) is 5.56 Å². The molecule has 0 heterocycles. The number of hydrogen-bond donors (Lipinski definition) is 1. The van der Waals surface area contributed by atoms with Crippen LogP contribution in [-0.2, 0) is 6.42 Å². The van der Waals surface area contributed by atoms with Crippen LogP contribution in [0.5, 0.6) is 0 Å². The summed E-state index contributed by atoms with van der Waals surface area (Å²) >= 11 is 8.84. The molecule has 1 rings (SSSR count). The van der Waals surface area contributed by atoms with Gasteiger partial charge in [0.1, 0.15) is 0 Å². The average Bonchev–Trinajstić information content (AvgIpc) is 2.04. The Morgan fingerprint density at radius 3 is 2.83 bits per heavy atom. The van der Waals surface area contributed by atoms with Crippen LogP contribution in [0.25, 0.3) is 0 Å². The summed E-state index contributed by atoms with van der Waals surface area (Å²) in [5.74, 6) is 0.284. The molecule has 0 aliphatic rings. The topological polar surface area (TPSA) is 20.2 Å². The molecule has 0 spiro atoms. The van der Waals surface area contributed by atoms with Crippen molar-refractivity contribution in [2.45, 2.75) is 12.5 Å². The zero-order valence-corrected chi connectivity index (χ0v) is 8.85. The normalized spacial score (nSPS) is 12.9. The van der Waals surface area contributed by atoms with Crippen LogP contribution in [0.3, 0.4) is 0 Å². The standard InChI is InChI=1S/C9H10BrClO/c10-8-3-1-2-7(4-8)5-9(12)6-11/h1-4,9,12H,5-6H2. The fraction of sp³-hybridized carbons (Fsp3) is 0.333. The predicted octanol–water partition coefficient (Wildman–Crippen LogP) is 2.59. The highest BCUT2D eigenvalue weighted by Crippen LogP contribution is 2.13. The molecule has 1 aromatic rings. The molecule has 0 aliphatic carbocycles. The molecule has 0 aromatic heterocycles. The Kier molecular flexibility index (Phi) is 4.06. The van der Waals surface area contributed by atoms with E-state index in [1.807, 2.05) is 24.3 Å². The molecule has 1 aromatic carbocycles. The van der Waals surface area contributed by atoms with Crippen molar-refractivity contribution >= 4 is 27.5 Å². The Bertz CT molecular complexity index is 252. The van der Waals surface area contributed by atoms with Crippen molar-refractivity contribution in [3.05, 3.63) is 34.3 Å². The third-order valence-corrected chi connectivity index (χ3v) is 2.39. The van der Waals surface area contributed by atoms with Crippen molar-refractivity contribution in [2.75, 3.05) is 5.88 Å². The van der Waals surface area contributed by atoms with E-state index < -0.39 is 6.10 Å². The summed E-state index contributed by atoms with van der Waals surface area (Å²) in [5, 5.41) is 9.25. The summed E-state index contributed by atoms with van der Waals surface area (Å²) in [6.45, 7) is 0. The minimum atomic E-state index is -0.444. The second-order valence-corrected chi connectivity index (χ2v) is 3.87. The van der Waals surface area contributed by atoms with E-state index in [9.17, 15) is 5.11 Å². The minimum Gasteiger partial charge on any atom is -0.392 e. The van der Waals surface area contributed by atoms with Gasteiger partial charge < -0.3 is 5.11 Å². The largest absolute Gasteiger partial charge is 0.392 e. The van der Waals surface area contributed by atoms with Gasteiger partial charge in [-0.1, -0.05) is 28.1 Å². The van der Waals surface area contributed by atoms with E-state index in [-0.39, 0.29) is 5.88 Å². The van der Waals surface area contributed by atoms with Gasteiger partial charge in [-0.25, -0.2) is 0 Å². The van der Waals surface area contributed by atoms with Gasteiger partial charge in [-0.2, -0.15) is 0 Å². The molecule has 66 valence electrons. The van der Waals surface area contributed by atoms with Gasteiger partial charge in [0.25, 0.3) is 0 Å². The highest BCUT2D eigenvalue weighted by molar-refractivity contribution is 9.10. The number of aliphatic hydroxyl groups excluding tert-OH is 1. The SMILES string of the molecule is OC(CCl)Cc1cccc(Br)c1. The zero-order valence-electron chi connectivity index (χ0n) is 6.50. The van der Waals surface area contributed by atoms with E-state index in [0.29, 0.717) is 6.42 Å². The van der Waals surface area contributed by atoms with E-state index >= 15 is 0 Å². The van der Waals surface area contributed by atoms with Crippen molar-refractivity contribution in [2.24, 2.45) is 0 Å². The molecule has 0 bridgehead atoms. The lowest BCUT2D eigenvalue weighted by molar-refractivity contribution is 0.199. The van der Waals surface area contributed by atoms with Crippen molar-refractivity contribution < 1.29 is 5.11 Å². The molecule has 0 amide bonds. The van der Waals surface area contributed by atoms with Crippen LogP contribution in [0.15, 0.2) is 28.7 Å². The Labute approximate surface area is 85.5 Å². The van der Waals surface area contributed by atoms with E-state index in [1.54, 1.807) is 0 Å². The Hall–Kier alpha value is -0.0500. The van der Waals surface area contributed by atoms with Gasteiger partial charge >= 0.3 is 0 Å². The molecule has 0 saturated heterocycles. The van der Waals surface area contributed by atoms with E-state index in [4.69, 9.17) is 11.6 Å². The number of aliphatic hydroxyl groups is 1. The van der Waals surface area contributed by atoms with Gasteiger partial charge in [0.15, 0.2) is 0 Å². The number of rotatable bonds is 3. The first-order valence-corrected chi connectivity index (χ1v) is 5.03. The van der Waals surface area contributed by atoms with Crippen molar-refractivity contribution in [1.29, 1.82) is 0 Å². The Balaban J connectivity index is 2.63. The number of benzene rings is 1. The fourth-order valence-electron chi connectivity index (χ4n) is 0.991. The lowest BCUT2D eigenvalue weighted by Gasteiger charge is -2.06. The monoisotopic (exact) mass is 248 g/mol. The highest BCUT2D eigenvalue weighted by Gasteiger charge is 2.03. The van der Waals surface area contributed by atoms with Crippen LogP contribution in [-0.4, -0.2) is 17.1 Å². The number of alkyl halides is 1. The zero-order chi connectivity index (χ0) is 8.97. The molecule has 3 heteroatoms. The molecule has 0 aliphatic heterocycles. The molecule has 1 unspecified atom stereocenters. The maximum Gasteiger partial charge on any atom is 0.0715 e. The van der Waals surface area contributed by atoms with E-state index in [1.165, 1.54) is 0 Å². The summed E-state index contributed by atoms with van der Waals surface area (Å²) in [6, 6.07) is 7.85. The Morgan fingerprint density at radius 2 is 2.25 bits per heavy atom. The second kappa shape index (κ2) is 4.85. The van der Waals surface area contributed by atoms with Crippen LogP contribution in [0.2, 0.25) is 0 Å². The van der Waals surface area contributed by atoms with Crippen LogP contribution >= 0.6 is 27.5 Å². The van der Waals surface area contributed by atoms with Gasteiger partial charge in [0.2, 0.25) is 0 Å². The highest BCUT2D eigenvalue weighted by atomic mass is 79.9. The summed E-state index contributed by atoms with van der Waals surface area (Å²) in [4.78, 5) is 0. The number of halogens is 2. The molecule has 1 N–H and O–H groups in total. The molecule has 0 fully saturated rings.